The van der Waals surface area contributed by atoms with E-state index in [4.69, 9.17) is 0 Å². The van der Waals surface area contributed by atoms with E-state index in [9.17, 15) is 0 Å². The summed E-state index contributed by atoms with van der Waals surface area (Å²) in [7, 11) is 3.89. The van der Waals surface area contributed by atoms with E-state index in [2.05, 4.69) is 62.6 Å². The van der Waals surface area contributed by atoms with Gasteiger partial charge in [0, 0.05) is 31.7 Å². The first-order valence-corrected chi connectivity index (χ1v) is 8.52. The molecule has 0 bridgehead atoms. The summed E-state index contributed by atoms with van der Waals surface area (Å²) >= 11 is 5.45. The number of aliphatic imine (C=N–C) groups is 1. The predicted molar refractivity (Wildman–Crippen MR) is 105 cm³/mol. The SMILES string of the molecule is CN=C(NCCCSC)N(C)Cc1ccccc1Br.I. The zero-order chi connectivity index (χ0) is 14.1. The van der Waals surface area contributed by atoms with Crippen LogP contribution in [0.2, 0.25) is 0 Å². The molecule has 1 rings (SSSR count). The summed E-state index contributed by atoms with van der Waals surface area (Å²) in [4.78, 5) is 6.46. The van der Waals surface area contributed by atoms with Gasteiger partial charge in [-0.3, -0.25) is 4.99 Å². The quantitative estimate of drug-likeness (QED) is 0.295. The Hall–Kier alpha value is 0.0500. The monoisotopic (exact) mass is 471 g/mol. The van der Waals surface area contributed by atoms with E-state index >= 15 is 0 Å². The van der Waals surface area contributed by atoms with Crippen LogP contribution in [0.25, 0.3) is 0 Å². The molecule has 0 fully saturated rings. The molecule has 0 aliphatic rings. The van der Waals surface area contributed by atoms with Crippen molar-refractivity contribution in [3.05, 3.63) is 34.3 Å². The molecule has 0 aliphatic carbocycles. The van der Waals surface area contributed by atoms with Crippen molar-refractivity contribution in [2.75, 3.05) is 32.6 Å². The van der Waals surface area contributed by atoms with Gasteiger partial charge in [-0.25, -0.2) is 0 Å². The summed E-state index contributed by atoms with van der Waals surface area (Å²) in [5.74, 6) is 2.12. The first-order chi connectivity index (χ1) is 9.19. The highest BCUT2D eigenvalue weighted by Gasteiger charge is 2.07. The van der Waals surface area contributed by atoms with Crippen molar-refractivity contribution in [3.8, 4) is 0 Å². The molecule has 0 heterocycles. The maximum absolute atomic E-state index is 4.32. The molecule has 3 nitrogen and oxygen atoms in total. The van der Waals surface area contributed by atoms with E-state index in [0.29, 0.717) is 0 Å². The van der Waals surface area contributed by atoms with E-state index in [1.54, 1.807) is 0 Å². The summed E-state index contributed by atoms with van der Waals surface area (Å²) in [6.07, 6.45) is 3.29. The smallest absolute Gasteiger partial charge is 0.193 e. The Labute approximate surface area is 152 Å². The molecular formula is C14H23BrIN3S. The molecule has 0 aliphatic heterocycles. The van der Waals surface area contributed by atoms with Crippen molar-refractivity contribution in [2.45, 2.75) is 13.0 Å². The number of nitrogens with zero attached hydrogens (tertiary/aromatic N) is 2. The third-order valence-corrected chi connectivity index (χ3v) is 4.22. The lowest BCUT2D eigenvalue weighted by Gasteiger charge is -2.22. The number of benzene rings is 1. The molecule has 1 N–H and O–H groups in total. The number of nitrogens with one attached hydrogen (secondary N) is 1. The van der Waals surface area contributed by atoms with Crippen LogP contribution in [0.1, 0.15) is 12.0 Å². The maximum atomic E-state index is 4.32. The molecule has 1 aromatic carbocycles. The minimum atomic E-state index is 0. The van der Waals surface area contributed by atoms with Gasteiger partial charge in [0.25, 0.3) is 0 Å². The van der Waals surface area contributed by atoms with Gasteiger partial charge in [0.05, 0.1) is 0 Å². The Balaban J connectivity index is 0.00000361. The maximum Gasteiger partial charge on any atom is 0.193 e. The largest absolute Gasteiger partial charge is 0.356 e. The highest BCUT2D eigenvalue weighted by atomic mass is 127. The van der Waals surface area contributed by atoms with Gasteiger partial charge in [0.2, 0.25) is 0 Å². The topological polar surface area (TPSA) is 27.6 Å². The minimum Gasteiger partial charge on any atom is -0.356 e. The van der Waals surface area contributed by atoms with Crippen LogP contribution in [0.4, 0.5) is 0 Å². The molecule has 20 heavy (non-hydrogen) atoms. The molecule has 114 valence electrons. The van der Waals surface area contributed by atoms with E-state index in [1.807, 2.05) is 24.9 Å². The Bertz CT molecular complexity index is 415. The van der Waals surface area contributed by atoms with E-state index in [1.165, 1.54) is 11.3 Å². The van der Waals surface area contributed by atoms with Crippen molar-refractivity contribution in [1.82, 2.24) is 10.2 Å². The minimum absolute atomic E-state index is 0. The fourth-order valence-corrected chi connectivity index (χ4v) is 2.60. The molecule has 0 saturated heterocycles. The molecule has 1 aromatic rings. The lowest BCUT2D eigenvalue weighted by Crippen LogP contribution is -2.39. The summed E-state index contributed by atoms with van der Waals surface area (Å²) in [6.45, 7) is 1.80. The van der Waals surface area contributed by atoms with Crippen molar-refractivity contribution in [3.63, 3.8) is 0 Å². The number of thioether (sulfide) groups is 1. The zero-order valence-electron chi connectivity index (χ0n) is 12.2. The summed E-state index contributed by atoms with van der Waals surface area (Å²) in [5, 5.41) is 3.39. The molecule has 0 amide bonds. The van der Waals surface area contributed by atoms with Crippen molar-refractivity contribution < 1.29 is 0 Å². The molecule has 6 heteroatoms. The molecule has 0 atom stereocenters. The van der Waals surface area contributed by atoms with Crippen LogP contribution in [0, 0.1) is 0 Å². The van der Waals surface area contributed by atoms with Crippen LogP contribution in [0.5, 0.6) is 0 Å². The van der Waals surface area contributed by atoms with Gasteiger partial charge in [-0.15, -0.1) is 24.0 Å². The van der Waals surface area contributed by atoms with E-state index in [-0.39, 0.29) is 24.0 Å². The van der Waals surface area contributed by atoms with Crippen LogP contribution in [-0.2, 0) is 6.54 Å². The second kappa shape index (κ2) is 11.7. The Morgan fingerprint density at radius 2 is 2.10 bits per heavy atom. The lowest BCUT2D eigenvalue weighted by atomic mass is 10.2. The number of rotatable bonds is 6. The van der Waals surface area contributed by atoms with Gasteiger partial charge >= 0.3 is 0 Å². The molecule has 0 unspecified atom stereocenters. The molecule has 0 aromatic heterocycles. The van der Waals surface area contributed by atoms with Crippen LogP contribution in [0.15, 0.2) is 33.7 Å². The number of halogens is 2. The van der Waals surface area contributed by atoms with Gasteiger partial charge in [0.15, 0.2) is 5.96 Å². The van der Waals surface area contributed by atoms with E-state index in [0.717, 1.165) is 29.9 Å². The van der Waals surface area contributed by atoms with Crippen LogP contribution >= 0.6 is 51.7 Å². The van der Waals surface area contributed by atoms with Crippen LogP contribution in [-0.4, -0.2) is 43.5 Å². The molecule has 0 saturated carbocycles. The second-order valence-corrected chi connectivity index (χ2v) is 6.11. The molecule has 0 radical (unpaired) electrons. The molecular weight excluding hydrogens is 449 g/mol. The number of hydrogen-bond donors (Lipinski definition) is 1. The van der Waals surface area contributed by atoms with Gasteiger partial charge in [0.1, 0.15) is 0 Å². The van der Waals surface area contributed by atoms with Gasteiger partial charge in [-0.1, -0.05) is 34.1 Å². The summed E-state index contributed by atoms with van der Waals surface area (Å²) in [5.41, 5.74) is 1.26. The number of guanidine groups is 1. The highest BCUT2D eigenvalue weighted by molar-refractivity contribution is 14.0. The molecule has 0 spiro atoms. The standard InChI is InChI=1S/C14H22BrN3S.HI/c1-16-14(17-9-6-10-19-3)18(2)11-12-7-4-5-8-13(12)15;/h4-5,7-8H,6,9-11H2,1-3H3,(H,16,17);1H. The fourth-order valence-electron chi connectivity index (χ4n) is 1.76. The average Bonchev–Trinajstić information content (AvgIpc) is 2.41. The summed E-state index contributed by atoms with van der Waals surface area (Å²) in [6, 6.07) is 8.28. The third kappa shape index (κ3) is 7.17. The van der Waals surface area contributed by atoms with Crippen molar-refractivity contribution in [2.24, 2.45) is 4.99 Å². The first-order valence-electron chi connectivity index (χ1n) is 6.33. The Morgan fingerprint density at radius 3 is 2.70 bits per heavy atom. The summed E-state index contributed by atoms with van der Waals surface area (Å²) < 4.78 is 1.14. The Kier molecular flexibility index (Phi) is 11.7. The average molecular weight is 472 g/mol. The zero-order valence-corrected chi connectivity index (χ0v) is 17.0. The predicted octanol–water partition coefficient (Wildman–Crippen LogP) is 3.83. The lowest BCUT2D eigenvalue weighted by molar-refractivity contribution is 0.476. The normalized spacial score (nSPS) is 10.9. The van der Waals surface area contributed by atoms with Gasteiger partial charge in [-0.05, 0) is 30.1 Å². The van der Waals surface area contributed by atoms with E-state index < -0.39 is 0 Å². The van der Waals surface area contributed by atoms with Crippen molar-refractivity contribution >= 4 is 57.6 Å². The first kappa shape index (κ1) is 20.1. The van der Waals surface area contributed by atoms with Crippen LogP contribution < -0.4 is 5.32 Å². The third-order valence-electron chi connectivity index (χ3n) is 2.75. The Morgan fingerprint density at radius 1 is 1.40 bits per heavy atom. The number of hydrogen-bond acceptors (Lipinski definition) is 2. The van der Waals surface area contributed by atoms with Gasteiger partial charge in [-0.2, -0.15) is 11.8 Å². The second-order valence-electron chi connectivity index (χ2n) is 4.27. The van der Waals surface area contributed by atoms with Gasteiger partial charge < -0.3 is 10.2 Å². The highest BCUT2D eigenvalue weighted by Crippen LogP contribution is 2.17. The van der Waals surface area contributed by atoms with Crippen molar-refractivity contribution in [1.29, 1.82) is 0 Å². The fraction of sp³-hybridized carbons (Fsp3) is 0.500. The van der Waals surface area contributed by atoms with Crippen LogP contribution in [0.3, 0.4) is 0 Å².